The number of amidine groups is 1. The summed E-state index contributed by atoms with van der Waals surface area (Å²) in [6.45, 7) is 11.6. The summed E-state index contributed by atoms with van der Waals surface area (Å²) in [5, 5.41) is 0. The van der Waals surface area contributed by atoms with E-state index >= 15 is 0 Å². The summed E-state index contributed by atoms with van der Waals surface area (Å²) in [5.74, 6) is 7.67. The van der Waals surface area contributed by atoms with Gasteiger partial charge in [0.2, 0.25) is 0 Å². The van der Waals surface area contributed by atoms with Crippen molar-refractivity contribution in [1.29, 1.82) is 0 Å². The van der Waals surface area contributed by atoms with Crippen molar-refractivity contribution in [2.24, 2.45) is 16.5 Å². The Hall–Kier alpha value is -3.02. The molecule has 0 aliphatic carbocycles. The molecule has 1 aromatic rings. The van der Waals surface area contributed by atoms with Gasteiger partial charge in [-0.05, 0) is 52.0 Å². The van der Waals surface area contributed by atoms with Crippen LogP contribution in [0.2, 0.25) is 0 Å². The van der Waals surface area contributed by atoms with Gasteiger partial charge in [-0.15, -0.1) is 0 Å². The lowest BCUT2D eigenvalue weighted by molar-refractivity contribution is 0.0863. The van der Waals surface area contributed by atoms with E-state index in [1.54, 1.807) is 12.3 Å². The Labute approximate surface area is 185 Å². The van der Waals surface area contributed by atoms with Crippen molar-refractivity contribution in [3.8, 4) is 11.8 Å². The molecule has 2 saturated heterocycles. The number of hydrogen-bond acceptors (Lipinski definition) is 7. The molecule has 0 spiro atoms. The lowest BCUT2D eigenvalue weighted by atomic mass is 10.0. The lowest BCUT2D eigenvalue weighted by Crippen LogP contribution is -2.54. The Balaban J connectivity index is 1.76. The van der Waals surface area contributed by atoms with Crippen LogP contribution >= 0.6 is 0 Å². The Kier molecular flexibility index (Phi) is 7.55. The van der Waals surface area contributed by atoms with Crippen LogP contribution < -0.4 is 17.2 Å². The fourth-order valence-electron chi connectivity index (χ4n) is 4.02. The minimum absolute atomic E-state index is 0.238. The van der Waals surface area contributed by atoms with Crippen molar-refractivity contribution < 1.29 is 0 Å². The molecule has 0 radical (unpaired) electrons. The zero-order valence-electron chi connectivity index (χ0n) is 18.6. The van der Waals surface area contributed by atoms with E-state index in [2.05, 4.69) is 50.1 Å². The minimum Gasteiger partial charge on any atom is -0.401 e. The van der Waals surface area contributed by atoms with Gasteiger partial charge in [-0.25, -0.2) is 9.98 Å². The van der Waals surface area contributed by atoms with E-state index in [-0.39, 0.29) is 5.82 Å². The van der Waals surface area contributed by atoms with Crippen LogP contribution in [-0.2, 0) is 0 Å². The molecular weight excluding hydrogens is 388 g/mol. The number of piperazine rings is 1. The van der Waals surface area contributed by atoms with E-state index in [1.807, 2.05) is 13.0 Å². The zero-order valence-corrected chi connectivity index (χ0v) is 18.6. The van der Waals surface area contributed by atoms with Gasteiger partial charge in [-0.2, -0.15) is 0 Å². The maximum atomic E-state index is 6.21. The van der Waals surface area contributed by atoms with Gasteiger partial charge in [0.25, 0.3) is 0 Å². The largest absolute Gasteiger partial charge is 0.401 e. The highest BCUT2D eigenvalue weighted by Crippen LogP contribution is 2.19. The second-order valence-corrected chi connectivity index (χ2v) is 8.26. The minimum atomic E-state index is 0.238. The Morgan fingerprint density at radius 3 is 2.35 bits per heavy atom. The first-order valence-electron chi connectivity index (χ1n) is 10.7. The number of allylic oxidation sites excluding steroid dienone is 1. The van der Waals surface area contributed by atoms with Crippen LogP contribution in [0.5, 0.6) is 0 Å². The van der Waals surface area contributed by atoms with Crippen molar-refractivity contribution in [1.82, 2.24) is 19.7 Å². The molecule has 0 bridgehead atoms. The second kappa shape index (κ2) is 10.3. The molecule has 6 N–H and O–H groups in total. The third kappa shape index (κ3) is 6.23. The molecule has 2 aliphatic rings. The van der Waals surface area contributed by atoms with Gasteiger partial charge >= 0.3 is 0 Å². The van der Waals surface area contributed by atoms with Gasteiger partial charge < -0.3 is 27.0 Å². The molecule has 0 aromatic carbocycles. The second-order valence-electron chi connectivity index (χ2n) is 8.26. The van der Waals surface area contributed by atoms with Crippen molar-refractivity contribution in [3.63, 3.8) is 0 Å². The molecular formula is C23H34N8. The first-order chi connectivity index (χ1) is 14.8. The van der Waals surface area contributed by atoms with Gasteiger partial charge in [-0.1, -0.05) is 18.4 Å². The normalized spacial score (nSPS) is 20.1. The van der Waals surface area contributed by atoms with E-state index in [0.29, 0.717) is 29.0 Å². The predicted octanol–water partition coefficient (Wildman–Crippen LogP) is 0.788. The maximum Gasteiger partial charge on any atom is 0.148 e. The molecule has 3 heterocycles. The van der Waals surface area contributed by atoms with Crippen LogP contribution in [0.25, 0.3) is 0 Å². The summed E-state index contributed by atoms with van der Waals surface area (Å²) in [6.07, 6.45) is 4.10. The average Bonchev–Trinajstić information content (AvgIpc) is 2.74. The van der Waals surface area contributed by atoms with Gasteiger partial charge in [-0.3, -0.25) is 4.90 Å². The Morgan fingerprint density at radius 2 is 1.81 bits per heavy atom. The van der Waals surface area contributed by atoms with E-state index in [1.165, 1.54) is 25.9 Å². The molecule has 0 saturated carbocycles. The topological polar surface area (TPSA) is 113 Å². The summed E-state index contributed by atoms with van der Waals surface area (Å²) in [4.78, 5) is 15.8. The van der Waals surface area contributed by atoms with E-state index < -0.39 is 0 Å². The highest BCUT2D eigenvalue weighted by Gasteiger charge is 2.28. The van der Waals surface area contributed by atoms with Gasteiger partial charge in [0, 0.05) is 49.7 Å². The first-order valence-corrected chi connectivity index (χ1v) is 10.7. The van der Waals surface area contributed by atoms with Crippen LogP contribution in [0.1, 0.15) is 25.3 Å². The van der Waals surface area contributed by atoms with Crippen LogP contribution in [-0.4, -0.2) is 77.9 Å². The van der Waals surface area contributed by atoms with Gasteiger partial charge in [0.1, 0.15) is 17.5 Å². The number of nitrogens with two attached hydrogens (primary N) is 3. The molecule has 8 nitrogen and oxygen atoms in total. The van der Waals surface area contributed by atoms with Crippen molar-refractivity contribution in [2.45, 2.75) is 25.8 Å². The van der Waals surface area contributed by atoms with Crippen LogP contribution in [0.3, 0.4) is 0 Å². The first kappa shape index (κ1) is 22.7. The monoisotopic (exact) mass is 422 g/mol. The standard InChI is InChI=1S/C23H34N8/c1-17(24)21(6-4-19-5-7-22(26)27-16-19)23(28-18(2)25)31-14-12-30(13-15-31)20-8-10-29(3)11-9-20/h5,7,16,20H,2,8-15,24-25H2,1,3H3,(H2,26,27)/b21-17-,28-23?. The molecule has 8 heteroatoms. The molecule has 0 atom stereocenters. The molecule has 166 valence electrons. The summed E-state index contributed by atoms with van der Waals surface area (Å²) in [6, 6.07) is 4.21. The zero-order chi connectivity index (χ0) is 22.4. The molecule has 31 heavy (non-hydrogen) atoms. The smallest absolute Gasteiger partial charge is 0.148 e. The predicted molar refractivity (Wildman–Crippen MR) is 127 cm³/mol. The number of piperidine rings is 1. The number of likely N-dealkylation sites (tertiary alicyclic amines) is 1. The Bertz CT molecular complexity index is 886. The highest BCUT2D eigenvalue weighted by atomic mass is 15.3. The summed E-state index contributed by atoms with van der Waals surface area (Å²) in [5.41, 5.74) is 19.7. The number of aromatic nitrogens is 1. The maximum absolute atomic E-state index is 6.21. The van der Waals surface area contributed by atoms with Crippen LogP contribution in [0.4, 0.5) is 5.82 Å². The SMILES string of the molecule is C=C(N)N=C(/C(C#Cc1ccc(N)nc1)=C(/C)N)N1CCN(C2CCN(C)CC2)CC1. The molecule has 0 amide bonds. The number of hydrogen-bond donors (Lipinski definition) is 3. The third-order valence-corrected chi connectivity index (χ3v) is 5.80. The van der Waals surface area contributed by atoms with Crippen molar-refractivity contribution >= 4 is 11.7 Å². The number of anilines is 1. The average molecular weight is 423 g/mol. The summed E-state index contributed by atoms with van der Waals surface area (Å²) in [7, 11) is 2.20. The summed E-state index contributed by atoms with van der Waals surface area (Å²) < 4.78 is 0. The number of aliphatic imine (C=N–C) groups is 1. The van der Waals surface area contributed by atoms with E-state index in [4.69, 9.17) is 17.2 Å². The van der Waals surface area contributed by atoms with Gasteiger partial charge in [0.15, 0.2) is 0 Å². The molecule has 2 aliphatic heterocycles. The fraction of sp³-hybridized carbons (Fsp3) is 0.478. The van der Waals surface area contributed by atoms with Crippen LogP contribution in [0, 0.1) is 11.8 Å². The number of nitrogen functional groups attached to an aromatic ring is 1. The molecule has 0 unspecified atom stereocenters. The Morgan fingerprint density at radius 1 is 1.13 bits per heavy atom. The quantitative estimate of drug-likeness (QED) is 0.375. The number of nitrogens with zero attached hydrogens (tertiary/aromatic N) is 5. The van der Waals surface area contributed by atoms with E-state index in [0.717, 1.165) is 31.7 Å². The van der Waals surface area contributed by atoms with Crippen molar-refractivity contribution in [2.75, 3.05) is 52.0 Å². The number of pyridine rings is 1. The van der Waals surface area contributed by atoms with Crippen molar-refractivity contribution in [3.05, 3.63) is 47.6 Å². The van der Waals surface area contributed by atoms with E-state index in [9.17, 15) is 0 Å². The number of rotatable bonds is 3. The molecule has 1 aromatic heterocycles. The lowest BCUT2D eigenvalue weighted by Gasteiger charge is -2.43. The third-order valence-electron chi connectivity index (χ3n) is 5.80. The van der Waals surface area contributed by atoms with Crippen LogP contribution in [0.15, 0.2) is 47.0 Å². The summed E-state index contributed by atoms with van der Waals surface area (Å²) >= 11 is 0. The molecule has 3 rings (SSSR count). The van der Waals surface area contributed by atoms with Gasteiger partial charge in [0.05, 0.1) is 5.57 Å². The fourth-order valence-corrected chi connectivity index (χ4v) is 4.02. The molecule has 2 fully saturated rings. The highest BCUT2D eigenvalue weighted by molar-refractivity contribution is 6.03.